The Morgan fingerprint density at radius 1 is 1.16 bits per heavy atom. The standard InChI is InChI=1S/C20H23N5O5S/c1-4-30-17-9-12(5-8-16(17)29-2)18(20(26)25-31(3,27)28)24-13-6-7-14-15(10-13)22-11-23-19(14)21/h5-11,18,24H,4H2,1-3H3,(H,25,26)(H2,21,22,23). The van der Waals surface area contributed by atoms with Crippen molar-refractivity contribution >= 4 is 38.3 Å². The van der Waals surface area contributed by atoms with Gasteiger partial charge in [-0.2, -0.15) is 0 Å². The van der Waals surface area contributed by atoms with Gasteiger partial charge in [-0.25, -0.2) is 18.4 Å². The van der Waals surface area contributed by atoms with Crippen LogP contribution in [0.4, 0.5) is 11.5 Å². The molecule has 0 saturated carbocycles. The van der Waals surface area contributed by atoms with Gasteiger partial charge in [-0.15, -0.1) is 0 Å². The smallest absolute Gasteiger partial charge is 0.260 e. The zero-order valence-electron chi connectivity index (χ0n) is 17.2. The molecule has 0 aliphatic rings. The fourth-order valence-electron chi connectivity index (χ4n) is 3.02. The summed E-state index contributed by atoms with van der Waals surface area (Å²) >= 11 is 0. The first-order valence-electron chi connectivity index (χ1n) is 9.31. The van der Waals surface area contributed by atoms with E-state index in [2.05, 4.69) is 15.3 Å². The molecule has 0 saturated heterocycles. The van der Waals surface area contributed by atoms with E-state index in [1.54, 1.807) is 36.4 Å². The normalized spacial score (nSPS) is 12.2. The Bertz CT molecular complexity index is 1220. The Hall–Kier alpha value is -3.60. The van der Waals surface area contributed by atoms with Crippen molar-refractivity contribution < 1.29 is 22.7 Å². The molecule has 4 N–H and O–H groups in total. The minimum atomic E-state index is -3.77. The van der Waals surface area contributed by atoms with Crippen LogP contribution in [0.5, 0.6) is 11.5 Å². The van der Waals surface area contributed by atoms with Crippen molar-refractivity contribution in [3.8, 4) is 11.5 Å². The molecule has 1 amide bonds. The molecule has 3 rings (SSSR count). The molecule has 0 radical (unpaired) electrons. The molecule has 1 unspecified atom stereocenters. The van der Waals surface area contributed by atoms with E-state index >= 15 is 0 Å². The number of carbonyl (C=O) groups is 1. The number of hydrogen-bond donors (Lipinski definition) is 3. The number of nitrogens with zero attached hydrogens (tertiary/aromatic N) is 2. The molecule has 31 heavy (non-hydrogen) atoms. The van der Waals surface area contributed by atoms with Crippen LogP contribution in [-0.4, -0.2) is 44.3 Å². The molecule has 3 aromatic rings. The minimum Gasteiger partial charge on any atom is -0.493 e. The van der Waals surface area contributed by atoms with E-state index in [1.165, 1.54) is 13.4 Å². The number of amides is 1. The van der Waals surface area contributed by atoms with Crippen molar-refractivity contribution in [2.75, 3.05) is 31.0 Å². The summed E-state index contributed by atoms with van der Waals surface area (Å²) in [4.78, 5) is 21.0. The monoisotopic (exact) mass is 445 g/mol. The number of anilines is 2. The molecule has 0 aliphatic heterocycles. The maximum Gasteiger partial charge on any atom is 0.260 e. The van der Waals surface area contributed by atoms with Gasteiger partial charge in [0.1, 0.15) is 18.2 Å². The lowest BCUT2D eigenvalue weighted by Gasteiger charge is -2.21. The van der Waals surface area contributed by atoms with Crippen LogP contribution in [0.2, 0.25) is 0 Å². The van der Waals surface area contributed by atoms with Gasteiger partial charge in [-0.1, -0.05) is 6.07 Å². The predicted molar refractivity (Wildman–Crippen MR) is 117 cm³/mol. The van der Waals surface area contributed by atoms with Crippen molar-refractivity contribution in [3.63, 3.8) is 0 Å². The van der Waals surface area contributed by atoms with Gasteiger partial charge in [0, 0.05) is 11.1 Å². The van der Waals surface area contributed by atoms with Crippen LogP contribution in [0.3, 0.4) is 0 Å². The minimum absolute atomic E-state index is 0.333. The van der Waals surface area contributed by atoms with Gasteiger partial charge >= 0.3 is 0 Å². The predicted octanol–water partition coefficient (Wildman–Crippen LogP) is 1.85. The summed E-state index contributed by atoms with van der Waals surface area (Å²) in [5.41, 5.74) is 7.45. The highest BCUT2D eigenvalue weighted by atomic mass is 32.2. The van der Waals surface area contributed by atoms with E-state index in [0.29, 0.717) is 46.1 Å². The van der Waals surface area contributed by atoms with Crippen LogP contribution < -0.4 is 25.2 Å². The van der Waals surface area contributed by atoms with Crippen LogP contribution in [0, 0.1) is 0 Å². The van der Waals surface area contributed by atoms with Gasteiger partial charge in [0.25, 0.3) is 5.91 Å². The number of nitrogens with two attached hydrogens (primary N) is 1. The summed E-state index contributed by atoms with van der Waals surface area (Å²) in [6, 6.07) is 9.01. The molecule has 0 spiro atoms. The van der Waals surface area contributed by atoms with Crippen molar-refractivity contribution in [2.45, 2.75) is 13.0 Å². The lowest BCUT2D eigenvalue weighted by molar-refractivity contribution is -0.120. The summed E-state index contributed by atoms with van der Waals surface area (Å²) in [6.45, 7) is 2.21. The highest BCUT2D eigenvalue weighted by Gasteiger charge is 2.25. The largest absolute Gasteiger partial charge is 0.493 e. The lowest BCUT2D eigenvalue weighted by Crippen LogP contribution is -2.37. The summed E-state index contributed by atoms with van der Waals surface area (Å²) in [7, 11) is -2.27. The molecular weight excluding hydrogens is 422 g/mol. The van der Waals surface area contributed by atoms with Gasteiger partial charge in [0.2, 0.25) is 10.0 Å². The maximum absolute atomic E-state index is 12.8. The SMILES string of the molecule is CCOc1cc(C(Nc2ccc3c(N)ncnc3c2)C(=O)NS(C)(=O)=O)ccc1OC. The van der Waals surface area contributed by atoms with Gasteiger partial charge in [0.15, 0.2) is 11.5 Å². The lowest BCUT2D eigenvalue weighted by atomic mass is 10.0. The summed E-state index contributed by atoms with van der Waals surface area (Å²) < 4.78 is 36.2. The number of aromatic nitrogens is 2. The first-order chi connectivity index (χ1) is 14.7. The third-order valence-corrected chi connectivity index (χ3v) is 4.92. The highest BCUT2D eigenvalue weighted by molar-refractivity contribution is 7.89. The summed E-state index contributed by atoms with van der Waals surface area (Å²) in [5, 5.41) is 3.72. The number of rotatable bonds is 8. The van der Waals surface area contributed by atoms with Crippen molar-refractivity contribution in [1.29, 1.82) is 0 Å². The van der Waals surface area contributed by atoms with Crippen molar-refractivity contribution in [1.82, 2.24) is 14.7 Å². The van der Waals surface area contributed by atoms with Gasteiger partial charge in [-0.3, -0.25) is 9.52 Å². The van der Waals surface area contributed by atoms with Gasteiger partial charge in [-0.05, 0) is 42.8 Å². The molecule has 1 atom stereocenters. The molecule has 11 heteroatoms. The van der Waals surface area contributed by atoms with E-state index < -0.39 is 22.0 Å². The third-order valence-electron chi connectivity index (χ3n) is 4.35. The number of benzene rings is 2. The quantitative estimate of drug-likeness (QED) is 0.473. The van der Waals surface area contributed by atoms with Gasteiger partial charge in [0.05, 0.1) is 25.5 Å². The van der Waals surface area contributed by atoms with E-state index in [0.717, 1.165) is 6.26 Å². The second-order valence-corrected chi connectivity index (χ2v) is 8.40. The zero-order chi connectivity index (χ0) is 22.6. The van der Waals surface area contributed by atoms with E-state index in [1.807, 2.05) is 11.6 Å². The Morgan fingerprint density at radius 2 is 1.94 bits per heavy atom. The van der Waals surface area contributed by atoms with Crippen LogP contribution in [0.15, 0.2) is 42.7 Å². The van der Waals surface area contributed by atoms with Crippen molar-refractivity contribution in [2.24, 2.45) is 0 Å². The molecule has 1 aromatic heterocycles. The zero-order valence-corrected chi connectivity index (χ0v) is 18.1. The topological polar surface area (TPSA) is 146 Å². The number of sulfonamides is 1. The molecule has 164 valence electrons. The fraction of sp³-hybridized carbons (Fsp3) is 0.250. The third kappa shape index (κ3) is 5.31. The van der Waals surface area contributed by atoms with E-state index in [9.17, 15) is 13.2 Å². The van der Waals surface area contributed by atoms with Crippen LogP contribution in [0.1, 0.15) is 18.5 Å². The molecular formula is C20H23N5O5S. The summed E-state index contributed by atoms with van der Waals surface area (Å²) in [6.07, 6.45) is 2.25. The average Bonchev–Trinajstić information content (AvgIpc) is 2.71. The number of hydrogen-bond acceptors (Lipinski definition) is 9. The van der Waals surface area contributed by atoms with Crippen LogP contribution in [0.25, 0.3) is 10.9 Å². The second-order valence-electron chi connectivity index (χ2n) is 6.65. The summed E-state index contributed by atoms with van der Waals surface area (Å²) in [5.74, 6) is 0.503. The molecule has 0 fully saturated rings. The highest BCUT2D eigenvalue weighted by Crippen LogP contribution is 2.32. The fourth-order valence-corrected chi connectivity index (χ4v) is 3.50. The van der Waals surface area contributed by atoms with Gasteiger partial charge < -0.3 is 20.5 Å². The molecule has 10 nitrogen and oxygen atoms in total. The Morgan fingerprint density at radius 3 is 2.61 bits per heavy atom. The number of methoxy groups -OCH3 is 1. The first-order valence-corrected chi connectivity index (χ1v) is 11.2. The molecule has 1 heterocycles. The number of carbonyl (C=O) groups excluding carboxylic acids is 1. The molecule has 0 bridgehead atoms. The Labute approximate surface area is 179 Å². The maximum atomic E-state index is 12.8. The number of nitrogen functional groups attached to an aromatic ring is 1. The van der Waals surface area contributed by atoms with Crippen LogP contribution >= 0.6 is 0 Å². The van der Waals surface area contributed by atoms with Crippen molar-refractivity contribution in [3.05, 3.63) is 48.3 Å². The Kier molecular flexibility index (Phi) is 6.44. The molecule has 0 aliphatic carbocycles. The molecule has 2 aromatic carbocycles. The Balaban J connectivity index is 2.03. The average molecular weight is 446 g/mol. The van der Waals surface area contributed by atoms with E-state index in [4.69, 9.17) is 15.2 Å². The number of nitrogens with one attached hydrogen (secondary N) is 2. The number of ether oxygens (including phenoxy) is 2. The first kappa shape index (κ1) is 22.1. The van der Waals surface area contributed by atoms with E-state index in [-0.39, 0.29) is 0 Å². The van der Waals surface area contributed by atoms with Crippen LogP contribution in [-0.2, 0) is 14.8 Å². The second kappa shape index (κ2) is 9.04. The number of fused-ring (bicyclic) bond motifs is 1.